The lowest BCUT2D eigenvalue weighted by molar-refractivity contribution is 0.0849. The zero-order valence-electron chi connectivity index (χ0n) is 10.1. The highest BCUT2D eigenvalue weighted by molar-refractivity contribution is 5.95. The number of nitrogens with one attached hydrogen (secondary N) is 1. The number of rotatable bonds is 2. The predicted octanol–water partition coefficient (Wildman–Crippen LogP) is 2.03. The van der Waals surface area contributed by atoms with Gasteiger partial charge in [0.1, 0.15) is 0 Å². The van der Waals surface area contributed by atoms with Crippen molar-refractivity contribution in [1.29, 1.82) is 0 Å². The molecule has 0 bridgehead atoms. The van der Waals surface area contributed by atoms with Gasteiger partial charge in [0.05, 0.1) is 6.10 Å². The van der Waals surface area contributed by atoms with E-state index in [0.29, 0.717) is 6.42 Å². The molecular weight excluding hydrogens is 214 g/mol. The summed E-state index contributed by atoms with van der Waals surface area (Å²) in [6.07, 6.45) is 3.23. The number of carbonyl (C=O) groups excluding carboxylic acids is 1. The number of aryl methyl sites for hydroxylation is 1. The molecule has 92 valence electrons. The second-order valence-corrected chi connectivity index (χ2v) is 4.81. The lowest BCUT2D eigenvalue weighted by Crippen LogP contribution is -2.39. The normalized spacial score (nSPS) is 24.4. The van der Waals surface area contributed by atoms with Crippen molar-refractivity contribution in [3.05, 3.63) is 35.4 Å². The summed E-state index contributed by atoms with van der Waals surface area (Å²) in [5.41, 5.74) is 1.72. The van der Waals surface area contributed by atoms with Crippen LogP contribution in [0.4, 0.5) is 0 Å². The fourth-order valence-corrected chi connectivity index (χ4v) is 2.39. The molecule has 2 N–H and O–H groups in total. The quantitative estimate of drug-likeness (QED) is 0.821. The van der Waals surface area contributed by atoms with Gasteiger partial charge in [-0.3, -0.25) is 4.79 Å². The van der Waals surface area contributed by atoms with E-state index in [4.69, 9.17) is 0 Å². The lowest BCUT2D eigenvalue weighted by Gasteiger charge is -2.26. The number of carbonyl (C=O) groups is 1. The summed E-state index contributed by atoms with van der Waals surface area (Å²) in [6.45, 7) is 1.94. The van der Waals surface area contributed by atoms with Crippen LogP contribution in [-0.4, -0.2) is 23.2 Å². The summed E-state index contributed by atoms with van der Waals surface area (Å²) in [5, 5.41) is 12.6. The van der Waals surface area contributed by atoms with Crippen molar-refractivity contribution in [2.24, 2.45) is 0 Å². The van der Waals surface area contributed by atoms with Crippen LogP contribution in [0, 0.1) is 6.92 Å². The number of aliphatic hydroxyl groups excluding tert-OH is 1. The first kappa shape index (κ1) is 12.1. The van der Waals surface area contributed by atoms with Crippen molar-refractivity contribution in [2.75, 3.05) is 0 Å². The summed E-state index contributed by atoms with van der Waals surface area (Å²) in [6, 6.07) is 7.69. The fraction of sp³-hybridized carbons (Fsp3) is 0.500. The van der Waals surface area contributed by atoms with Crippen LogP contribution in [0.2, 0.25) is 0 Å². The van der Waals surface area contributed by atoms with Gasteiger partial charge in [-0.25, -0.2) is 0 Å². The van der Waals surface area contributed by atoms with Gasteiger partial charge in [0.15, 0.2) is 0 Å². The van der Waals surface area contributed by atoms with E-state index in [2.05, 4.69) is 5.32 Å². The molecule has 0 saturated heterocycles. The maximum Gasteiger partial charge on any atom is 0.251 e. The highest BCUT2D eigenvalue weighted by Gasteiger charge is 2.22. The molecule has 3 heteroatoms. The van der Waals surface area contributed by atoms with Crippen molar-refractivity contribution in [3.8, 4) is 0 Å². The predicted molar refractivity (Wildman–Crippen MR) is 66.9 cm³/mol. The Kier molecular flexibility index (Phi) is 3.79. The van der Waals surface area contributed by atoms with E-state index in [-0.39, 0.29) is 18.1 Å². The van der Waals surface area contributed by atoms with Gasteiger partial charge in [-0.05, 0) is 44.2 Å². The molecule has 2 rings (SSSR count). The standard InChI is InChI=1S/C14H19NO2/c1-10-5-2-3-8-13(10)14(17)15-11-6-4-7-12(16)9-11/h2-3,5,8,11-12,16H,4,6-7,9H2,1H3,(H,15,17). The van der Waals surface area contributed by atoms with Gasteiger partial charge in [0, 0.05) is 11.6 Å². The first-order valence-corrected chi connectivity index (χ1v) is 6.21. The van der Waals surface area contributed by atoms with E-state index in [1.807, 2.05) is 31.2 Å². The summed E-state index contributed by atoms with van der Waals surface area (Å²) in [5.74, 6) is -0.0257. The minimum atomic E-state index is -0.258. The SMILES string of the molecule is Cc1ccccc1C(=O)NC1CCCC(O)C1. The number of aliphatic hydroxyl groups is 1. The first-order chi connectivity index (χ1) is 8.16. The van der Waals surface area contributed by atoms with E-state index in [9.17, 15) is 9.90 Å². The minimum absolute atomic E-state index is 0.0257. The lowest BCUT2D eigenvalue weighted by atomic mass is 9.92. The highest BCUT2D eigenvalue weighted by Crippen LogP contribution is 2.19. The molecule has 1 aromatic rings. The Balaban J connectivity index is 1.99. The molecule has 0 radical (unpaired) electrons. The average molecular weight is 233 g/mol. The molecular formula is C14H19NO2. The molecule has 1 aliphatic carbocycles. The Labute approximate surface area is 102 Å². The summed E-state index contributed by atoms with van der Waals surface area (Å²) in [7, 11) is 0. The minimum Gasteiger partial charge on any atom is -0.393 e. The molecule has 1 saturated carbocycles. The molecule has 1 amide bonds. The second-order valence-electron chi connectivity index (χ2n) is 4.81. The van der Waals surface area contributed by atoms with E-state index in [1.54, 1.807) is 0 Å². The Hall–Kier alpha value is -1.35. The number of hydrogen-bond donors (Lipinski definition) is 2. The van der Waals surface area contributed by atoms with Crippen LogP contribution in [0.3, 0.4) is 0 Å². The van der Waals surface area contributed by atoms with Crippen molar-refractivity contribution >= 4 is 5.91 Å². The van der Waals surface area contributed by atoms with Gasteiger partial charge in [0.25, 0.3) is 5.91 Å². The van der Waals surface area contributed by atoms with Gasteiger partial charge in [-0.2, -0.15) is 0 Å². The molecule has 2 unspecified atom stereocenters. The van der Waals surface area contributed by atoms with E-state index >= 15 is 0 Å². The van der Waals surface area contributed by atoms with E-state index in [0.717, 1.165) is 30.4 Å². The Bertz CT molecular complexity index is 403. The van der Waals surface area contributed by atoms with Crippen LogP contribution in [0.1, 0.15) is 41.6 Å². The van der Waals surface area contributed by atoms with Gasteiger partial charge in [-0.1, -0.05) is 18.2 Å². The summed E-state index contributed by atoms with van der Waals surface area (Å²) >= 11 is 0. The highest BCUT2D eigenvalue weighted by atomic mass is 16.3. The molecule has 0 heterocycles. The molecule has 17 heavy (non-hydrogen) atoms. The van der Waals surface area contributed by atoms with Crippen LogP contribution in [0.25, 0.3) is 0 Å². The van der Waals surface area contributed by atoms with Crippen molar-refractivity contribution in [2.45, 2.75) is 44.8 Å². The molecule has 0 aromatic heterocycles. The summed E-state index contributed by atoms with van der Waals surface area (Å²) in [4.78, 5) is 12.0. The Morgan fingerprint density at radius 2 is 2.12 bits per heavy atom. The number of amides is 1. The number of hydrogen-bond acceptors (Lipinski definition) is 2. The molecule has 1 aromatic carbocycles. The van der Waals surface area contributed by atoms with Crippen LogP contribution in [0.5, 0.6) is 0 Å². The molecule has 1 fully saturated rings. The van der Waals surface area contributed by atoms with Gasteiger partial charge in [0.2, 0.25) is 0 Å². The van der Waals surface area contributed by atoms with Gasteiger partial charge < -0.3 is 10.4 Å². The van der Waals surface area contributed by atoms with E-state index < -0.39 is 0 Å². The van der Waals surface area contributed by atoms with Crippen LogP contribution >= 0.6 is 0 Å². The first-order valence-electron chi connectivity index (χ1n) is 6.21. The molecule has 1 aliphatic rings. The molecule has 0 spiro atoms. The third kappa shape index (κ3) is 3.07. The second kappa shape index (κ2) is 5.32. The fourth-order valence-electron chi connectivity index (χ4n) is 2.39. The van der Waals surface area contributed by atoms with E-state index in [1.165, 1.54) is 0 Å². The van der Waals surface area contributed by atoms with Gasteiger partial charge in [-0.15, -0.1) is 0 Å². The van der Waals surface area contributed by atoms with Crippen molar-refractivity contribution < 1.29 is 9.90 Å². The van der Waals surface area contributed by atoms with Crippen molar-refractivity contribution in [1.82, 2.24) is 5.32 Å². The molecule has 0 aliphatic heterocycles. The Morgan fingerprint density at radius 1 is 1.35 bits per heavy atom. The average Bonchev–Trinajstić information content (AvgIpc) is 2.29. The zero-order valence-corrected chi connectivity index (χ0v) is 10.1. The largest absolute Gasteiger partial charge is 0.393 e. The topological polar surface area (TPSA) is 49.3 Å². The number of benzene rings is 1. The maximum atomic E-state index is 12.0. The monoisotopic (exact) mass is 233 g/mol. The van der Waals surface area contributed by atoms with Crippen LogP contribution in [-0.2, 0) is 0 Å². The Morgan fingerprint density at radius 3 is 2.82 bits per heavy atom. The molecule has 2 atom stereocenters. The third-order valence-electron chi connectivity index (χ3n) is 3.37. The maximum absolute atomic E-state index is 12.0. The summed E-state index contributed by atoms with van der Waals surface area (Å²) < 4.78 is 0. The van der Waals surface area contributed by atoms with Crippen LogP contribution < -0.4 is 5.32 Å². The zero-order chi connectivity index (χ0) is 12.3. The third-order valence-corrected chi connectivity index (χ3v) is 3.37. The van der Waals surface area contributed by atoms with Crippen LogP contribution in [0.15, 0.2) is 24.3 Å². The van der Waals surface area contributed by atoms with Crippen molar-refractivity contribution in [3.63, 3.8) is 0 Å². The van der Waals surface area contributed by atoms with Gasteiger partial charge >= 0.3 is 0 Å². The molecule has 3 nitrogen and oxygen atoms in total. The smallest absolute Gasteiger partial charge is 0.251 e.